The number of hydrogen-bond donors (Lipinski definition) is 0. The smallest absolute Gasteiger partial charge is 0.130 e. The minimum absolute atomic E-state index is 0.00287. The van der Waals surface area contributed by atoms with Crippen LogP contribution in [0.5, 0.6) is 0 Å². The highest BCUT2D eigenvalue weighted by atomic mass is 79.9. The maximum Gasteiger partial charge on any atom is 0.130 e. The molecule has 1 aliphatic rings. The van der Waals surface area contributed by atoms with Gasteiger partial charge in [-0.1, -0.05) is 22.0 Å². The Labute approximate surface area is 72.3 Å². The molecule has 0 N–H and O–H groups in total. The molecular formula is C8H6BrFO. The molecule has 0 spiro atoms. The van der Waals surface area contributed by atoms with E-state index < -0.39 is 0 Å². The molecule has 1 saturated heterocycles. The zero-order valence-electron chi connectivity index (χ0n) is 5.68. The standard InChI is InChI=1S/C8H6BrFO/c9-5-1-2-6(7(10)3-5)8-4-11-8/h1-3,8H,4H2/t8-/m0/s1. The van der Waals surface area contributed by atoms with Crippen LogP contribution in [0.25, 0.3) is 0 Å². The topological polar surface area (TPSA) is 12.5 Å². The Hall–Kier alpha value is -0.410. The van der Waals surface area contributed by atoms with Gasteiger partial charge in [-0.15, -0.1) is 0 Å². The Morgan fingerprint density at radius 1 is 1.55 bits per heavy atom. The summed E-state index contributed by atoms with van der Waals surface area (Å²) in [7, 11) is 0. The highest BCUT2D eigenvalue weighted by Gasteiger charge is 2.27. The molecule has 0 aliphatic carbocycles. The monoisotopic (exact) mass is 216 g/mol. The second-order valence-corrected chi connectivity index (χ2v) is 3.40. The molecule has 1 aromatic carbocycles. The average Bonchev–Trinajstić information content (AvgIpc) is 2.70. The van der Waals surface area contributed by atoms with E-state index in [0.717, 1.165) is 4.47 Å². The Kier molecular flexibility index (Phi) is 1.69. The van der Waals surface area contributed by atoms with Gasteiger partial charge in [-0.05, 0) is 12.1 Å². The third-order valence-corrected chi connectivity index (χ3v) is 2.14. The summed E-state index contributed by atoms with van der Waals surface area (Å²) in [5, 5.41) is 0. The largest absolute Gasteiger partial charge is 0.368 e. The predicted molar refractivity (Wildman–Crippen MR) is 42.8 cm³/mol. The summed E-state index contributed by atoms with van der Waals surface area (Å²) in [6.45, 7) is 0.651. The second kappa shape index (κ2) is 2.57. The molecule has 1 atom stereocenters. The van der Waals surface area contributed by atoms with E-state index in [0.29, 0.717) is 12.2 Å². The quantitative estimate of drug-likeness (QED) is 0.658. The predicted octanol–water partition coefficient (Wildman–Crippen LogP) is 2.66. The molecule has 0 aromatic heterocycles. The molecule has 1 aliphatic heterocycles. The van der Waals surface area contributed by atoms with E-state index in [1.165, 1.54) is 6.07 Å². The molecule has 11 heavy (non-hydrogen) atoms. The first-order valence-electron chi connectivity index (χ1n) is 3.34. The van der Waals surface area contributed by atoms with Crippen LogP contribution in [0.3, 0.4) is 0 Å². The van der Waals surface area contributed by atoms with Crippen LogP contribution >= 0.6 is 15.9 Å². The van der Waals surface area contributed by atoms with Gasteiger partial charge in [0, 0.05) is 10.0 Å². The summed E-state index contributed by atoms with van der Waals surface area (Å²) in [6.07, 6.45) is 0.00287. The minimum atomic E-state index is -0.193. The molecule has 1 aromatic rings. The Morgan fingerprint density at radius 3 is 2.82 bits per heavy atom. The van der Waals surface area contributed by atoms with Gasteiger partial charge in [0.1, 0.15) is 11.9 Å². The molecule has 1 fully saturated rings. The van der Waals surface area contributed by atoms with Gasteiger partial charge in [0.05, 0.1) is 6.61 Å². The first kappa shape index (κ1) is 7.25. The summed E-state index contributed by atoms with van der Waals surface area (Å²) < 4.78 is 18.8. The third kappa shape index (κ3) is 1.44. The maximum atomic E-state index is 13.0. The maximum absolute atomic E-state index is 13.0. The lowest BCUT2D eigenvalue weighted by Crippen LogP contribution is -1.86. The van der Waals surface area contributed by atoms with Gasteiger partial charge in [0.25, 0.3) is 0 Å². The van der Waals surface area contributed by atoms with Crippen molar-refractivity contribution in [1.82, 2.24) is 0 Å². The fraction of sp³-hybridized carbons (Fsp3) is 0.250. The van der Waals surface area contributed by atoms with E-state index in [1.807, 2.05) is 6.07 Å². The second-order valence-electron chi connectivity index (χ2n) is 2.49. The van der Waals surface area contributed by atoms with Crippen molar-refractivity contribution >= 4 is 15.9 Å². The number of ether oxygens (including phenoxy) is 1. The van der Waals surface area contributed by atoms with E-state index in [4.69, 9.17) is 4.74 Å². The first-order chi connectivity index (χ1) is 5.27. The molecule has 2 rings (SSSR count). The van der Waals surface area contributed by atoms with Crippen LogP contribution < -0.4 is 0 Å². The van der Waals surface area contributed by atoms with Crippen molar-refractivity contribution in [1.29, 1.82) is 0 Å². The van der Waals surface area contributed by atoms with Crippen molar-refractivity contribution in [3.63, 3.8) is 0 Å². The van der Waals surface area contributed by atoms with Gasteiger partial charge in [-0.2, -0.15) is 0 Å². The molecule has 1 nitrogen and oxygen atoms in total. The lowest BCUT2D eigenvalue weighted by Gasteiger charge is -1.97. The van der Waals surface area contributed by atoms with Crippen molar-refractivity contribution < 1.29 is 9.13 Å². The zero-order valence-corrected chi connectivity index (χ0v) is 7.27. The third-order valence-electron chi connectivity index (χ3n) is 1.64. The Morgan fingerprint density at radius 2 is 2.27 bits per heavy atom. The molecule has 3 heteroatoms. The van der Waals surface area contributed by atoms with Crippen molar-refractivity contribution in [2.24, 2.45) is 0 Å². The summed E-state index contributed by atoms with van der Waals surface area (Å²) in [5.41, 5.74) is 0.660. The van der Waals surface area contributed by atoms with Gasteiger partial charge < -0.3 is 4.74 Å². The van der Waals surface area contributed by atoms with E-state index in [-0.39, 0.29) is 11.9 Å². The fourth-order valence-electron chi connectivity index (χ4n) is 0.990. The lowest BCUT2D eigenvalue weighted by atomic mass is 10.1. The van der Waals surface area contributed by atoms with Crippen molar-refractivity contribution in [2.75, 3.05) is 6.61 Å². The Bertz CT molecular complexity index is 283. The van der Waals surface area contributed by atoms with Crippen LogP contribution in [0.4, 0.5) is 4.39 Å². The van der Waals surface area contributed by atoms with Crippen LogP contribution in [0, 0.1) is 5.82 Å². The highest BCUT2D eigenvalue weighted by molar-refractivity contribution is 9.10. The van der Waals surface area contributed by atoms with Crippen LogP contribution in [0.2, 0.25) is 0 Å². The molecule has 58 valence electrons. The van der Waals surface area contributed by atoms with Gasteiger partial charge in [0.2, 0.25) is 0 Å². The number of rotatable bonds is 1. The van der Waals surface area contributed by atoms with Crippen molar-refractivity contribution in [2.45, 2.75) is 6.10 Å². The van der Waals surface area contributed by atoms with Gasteiger partial charge >= 0.3 is 0 Å². The molecule has 0 radical (unpaired) electrons. The Balaban J connectivity index is 2.39. The molecular weight excluding hydrogens is 211 g/mol. The molecule has 0 unspecified atom stereocenters. The van der Waals surface area contributed by atoms with E-state index in [9.17, 15) is 4.39 Å². The summed E-state index contributed by atoms with van der Waals surface area (Å²) in [4.78, 5) is 0. The summed E-state index contributed by atoms with van der Waals surface area (Å²) in [6, 6.07) is 5.02. The van der Waals surface area contributed by atoms with Gasteiger partial charge in [-0.3, -0.25) is 0 Å². The van der Waals surface area contributed by atoms with Crippen LogP contribution in [-0.4, -0.2) is 6.61 Å². The molecule has 0 bridgehead atoms. The molecule has 0 saturated carbocycles. The SMILES string of the molecule is Fc1cc(Br)ccc1[C@@H]1CO1. The average molecular weight is 217 g/mol. The fourth-order valence-corrected chi connectivity index (χ4v) is 1.32. The van der Waals surface area contributed by atoms with Crippen LogP contribution in [-0.2, 0) is 4.74 Å². The molecule has 1 heterocycles. The first-order valence-corrected chi connectivity index (χ1v) is 4.13. The van der Waals surface area contributed by atoms with Crippen molar-refractivity contribution in [3.05, 3.63) is 34.1 Å². The molecule has 0 amide bonds. The number of halogens is 2. The van der Waals surface area contributed by atoms with E-state index in [1.54, 1.807) is 6.07 Å². The number of hydrogen-bond acceptors (Lipinski definition) is 1. The van der Waals surface area contributed by atoms with Gasteiger partial charge in [-0.25, -0.2) is 4.39 Å². The van der Waals surface area contributed by atoms with E-state index >= 15 is 0 Å². The number of benzene rings is 1. The number of epoxide rings is 1. The minimum Gasteiger partial charge on any atom is -0.368 e. The van der Waals surface area contributed by atoms with Gasteiger partial charge in [0.15, 0.2) is 0 Å². The van der Waals surface area contributed by atoms with E-state index in [2.05, 4.69) is 15.9 Å². The summed E-state index contributed by atoms with van der Waals surface area (Å²) in [5.74, 6) is -0.193. The normalized spacial score (nSPS) is 21.8. The van der Waals surface area contributed by atoms with Crippen LogP contribution in [0.15, 0.2) is 22.7 Å². The van der Waals surface area contributed by atoms with Crippen LogP contribution in [0.1, 0.15) is 11.7 Å². The lowest BCUT2D eigenvalue weighted by molar-refractivity contribution is 0.408. The zero-order chi connectivity index (χ0) is 7.84. The highest BCUT2D eigenvalue weighted by Crippen LogP contribution is 2.32. The summed E-state index contributed by atoms with van der Waals surface area (Å²) >= 11 is 3.18. The van der Waals surface area contributed by atoms with Crippen molar-refractivity contribution in [3.8, 4) is 0 Å².